The van der Waals surface area contributed by atoms with Crippen LogP contribution in [0.1, 0.15) is 77.6 Å². The first-order valence-corrected chi connectivity index (χ1v) is 9.14. The average molecular weight is 338 g/mol. The molecule has 6 heteroatoms. The van der Waals surface area contributed by atoms with Crippen molar-refractivity contribution >= 4 is 0 Å². The van der Waals surface area contributed by atoms with E-state index in [9.17, 15) is 0 Å². The molecule has 0 radical (unpaired) electrons. The Morgan fingerprint density at radius 1 is 0.565 bits per heavy atom. The lowest BCUT2D eigenvalue weighted by atomic mass is 10.1. The summed E-state index contributed by atoms with van der Waals surface area (Å²) in [7, 11) is 0. The van der Waals surface area contributed by atoms with Gasteiger partial charge in [0.05, 0.1) is 26.4 Å². The van der Waals surface area contributed by atoms with Crippen LogP contribution in [-0.4, -0.2) is 48.4 Å². The van der Waals surface area contributed by atoms with Crippen molar-refractivity contribution < 1.29 is 25.0 Å². The molecule has 0 aliphatic rings. The largest absolute Gasteiger partial charge is 0.396 e. The SMILES string of the molecule is CCCCCCCCCCCCCO.OCCONOCCO. The first-order chi connectivity index (χ1) is 11.3. The standard InChI is InChI=1S/C13H28O.C4H11NO4/c1-2-3-4-5-6-7-8-9-10-11-12-13-14;6-1-3-8-5-9-4-2-7/h14H,2-13H2,1H3;5-7H,1-4H2. The van der Waals surface area contributed by atoms with Gasteiger partial charge in [-0.2, -0.15) is 0 Å². The summed E-state index contributed by atoms with van der Waals surface area (Å²) in [5.41, 5.74) is 2.07. The molecular weight excluding hydrogens is 298 g/mol. The zero-order valence-electron chi connectivity index (χ0n) is 15.0. The summed E-state index contributed by atoms with van der Waals surface area (Å²) < 4.78 is 0. The highest BCUT2D eigenvalue weighted by molar-refractivity contribution is 4.47. The van der Waals surface area contributed by atoms with Crippen LogP contribution in [0, 0.1) is 0 Å². The van der Waals surface area contributed by atoms with E-state index in [0.29, 0.717) is 6.61 Å². The molecule has 0 saturated carbocycles. The van der Waals surface area contributed by atoms with Crippen LogP contribution in [0.15, 0.2) is 0 Å². The highest BCUT2D eigenvalue weighted by Crippen LogP contribution is 2.10. The zero-order valence-corrected chi connectivity index (χ0v) is 15.0. The molecule has 0 amide bonds. The van der Waals surface area contributed by atoms with E-state index in [1.807, 2.05) is 0 Å². The van der Waals surface area contributed by atoms with Gasteiger partial charge in [-0.05, 0) is 6.42 Å². The molecule has 6 nitrogen and oxygen atoms in total. The number of nitrogens with one attached hydrogen (secondary N) is 1. The molecule has 0 atom stereocenters. The van der Waals surface area contributed by atoms with Crippen LogP contribution >= 0.6 is 0 Å². The fraction of sp³-hybridized carbons (Fsp3) is 1.00. The molecule has 0 rings (SSSR count). The van der Waals surface area contributed by atoms with E-state index in [1.54, 1.807) is 0 Å². The topological polar surface area (TPSA) is 91.2 Å². The van der Waals surface area contributed by atoms with Gasteiger partial charge >= 0.3 is 0 Å². The third-order valence-electron chi connectivity index (χ3n) is 3.27. The molecule has 4 N–H and O–H groups in total. The predicted octanol–water partition coefficient (Wildman–Crippen LogP) is 2.71. The highest BCUT2D eigenvalue weighted by Gasteiger charge is 1.91. The van der Waals surface area contributed by atoms with Gasteiger partial charge in [0.1, 0.15) is 0 Å². The van der Waals surface area contributed by atoms with Gasteiger partial charge in [0.25, 0.3) is 0 Å². The van der Waals surface area contributed by atoms with Gasteiger partial charge in [0.2, 0.25) is 0 Å². The summed E-state index contributed by atoms with van der Waals surface area (Å²) in [5, 5.41) is 24.9. The van der Waals surface area contributed by atoms with Crippen LogP contribution in [0.4, 0.5) is 0 Å². The van der Waals surface area contributed by atoms with Crippen molar-refractivity contribution in [2.24, 2.45) is 0 Å². The van der Waals surface area contributed by atoms with Gasteiger partial charge in [0, 0.05) is 6.61 Å². The second-order valence-corrected chi connectivity index (χ2v) is 5.49. The van der Waals surface area contributed by atoms with Crippen molar-refractivity contribution in [3.8, 4) is 0 Å². The maximum absolute atomic E-state index is 8.59. The minimum atomic E-state index is -0.0600. The summed E-state index contributed by atoms with van der Waals surface area (Å²) >= 11 is 0. The van der Waals surface area contributed by atoms with E-state index in [2.05, 4.69) is 22.2 Å². The summed E-state index contributed by atoms with van der Waals surface area (Å²) in [6.45, 7) is 2.86. The van der Waals surface area contributed by atoms with E-state index in [-0.39, 0.29) is 26.4 Å². The van der Waals surface area contributed by atoms with Gasteiger partial charge in [0.15, 0.2) is 0 Å². The Bertz CT molecular complexity index is 166. The Morgan fingerprint density at radius 2 is 0.957 bits per heavy atom. The Morgan fingerprint density at radius 3 is 1.30 bits per heavy atom. The van der Waals surface area contributed by atoms with Gasteiger partial charge in [-0.25, -0.2) is 0 Å². The highest BCUT2D eigenvalue weighted by atomic mass is 16.9. The maximum atomic E-state index is 8.59. The number of aliphatic hydroxyl groups excluding tert-OH is 3. The van der Waals surface area contributed by atoms with E-state index in [1.165, 1.54) is 64.2 Å². The van der Waals surface area contributed by atoms with Crippen LogP contribution in [0.25, 0.3) is 0 Å². The molecule has 23 heavy (non-hydrogen) atoms. The molecule has 0 aliphatic carbocycles. The number of rotatable bonds is 17. The monoisotopic (exact) mass is 337 g/mol. The Labute approximate surface area is 142 Å². The van der Waals surface area contributed by atoms with E-state index < -0.39 is 0 Å². The second kappa shape index (κ2) is 26.6. The second-order valence-electron chi connectivity index (χ2n) is 5.49. The average Bonchev–Trinajstić information content (AvgIpc) is 2.57. The molecule has 0 aromatic carbocycles. The molecule has 0 aromatic heterocycles. The lowest BCUT2D eigenvalue weighted by Gasteiger charge is -2.01. The number of aliphatic hydroxyl groups is 3. The lowest BCUT2D eigenvalue weighted by Crippen LogP contribution is -2.19. The number of hydrogen-bond acceptors (Lipinski definition) is 6. The first kappa shape index (κ1) is 25.0. The minimum Gasteiger partial charge on any atom is -0.396 e. The molecule has 142 valence electrons. The number of hydrogen-bond donors (Lipinski definition) is 4. The first-order valence-electron chi connectivity index (χ1n) is 9.14. The van der Waals surface area contributed by atoms with Gasteiger partial charge in [-0.1, -0.05) is 76.8 Å². The van der Waals surface area contributed by atoms with Crippen molar-refractivity contribution in [1.82, 2.24) is 5.64 Å². The molecule has 0 aliphatic heterocycles. The van der Waals surface area contributed by atoms with Crippen molar-refractivity contribution in [1.29, 1.82) is 0 Å². The lowest BCUT2D eigenvalue weighted by molar-refractivity contribution is -0.178. The fourth-order valence-electron chi connectivity index (χ4n) is 1.99. The van der Waals surface area contributed by atoms with Crippen molar-refractivity contribution in [2.75, 3.05) is 33.0 Å². The van der Waals surface area contributed by atoms with Crippen molar-refractivity contribution in [3.05, 3.63) is 0 Å². The third kappa shape index (κ3) is 30.2. The van der Waals surface area contributed by atoms with Crippen LogP contribution < -0.4 is 5.64 Å². The summed E-state index contributed by atoms with van der Waals surface area (Å²) in [4.78, 5) is 8.90. The van der Waals surface area contributed by atoms with Crippen molar-refractivity contribution in [3.63, 3.8) is 0 Å². The van der Waals surface area contributed by atoms with Gasteiger partial charge < -0.3 is 15.3 Å². The Hall–Kier alpha value is -0.240. The molecule has 0 heterocycles. The smallest absolute Gasteiger partial charge is 0.0940 e. The predicted molar refractivity (Wildman–Crippen MR) is 92.8 cm³/mol. The normalized spacial score (nSPS) is 10.4. The molecular formula is C17H39NO5. The van der Waals surface area contributed by atoms with E-state index in [0.717, 1.165) is 6.42 Å². The molecule has 0 unspecified atom stereocenters. The molecule has 0 fully saturated rings. The van der Waals surface area contributed by atoms with Crippen LogP contribution in [-0.2, 0) is 9.68 Å². The third-order valence-corrected chi connectivity index (χ3v) is 3.27. The van der Waals surface area contributed by atoms with Gasteiger partial charge in [-0.3, -0.25) is 9.68 Å². The quantitative estimate of drug-likeness (QED) is 0.241. The zero-order chi connectivity index (χ0) is 17.4. The van der Waals surface area contributed by atoms with E-state index >= 15 is 0 Å². The maximum Gasteiger partial charge on any atom is 0.0940 e. The molecule has 0 aromatic rings. The van der Waals surface area contributed by atoms with Crippen LogP contribution in [0.2, 0.25) is 0 Å². The fourth-order valence-corrected chi connectivity index (χ4v) is 1.99. The van der Waals surface area contributed by atoms with Gasteiger partial charge in [-0.15, -0.1) is 0 Å². The summed E-state index contributed by atoms with van der Waals surface area (Å²) in [5.74, 6) is 0. The van der Waals surface area contributed by atoms with E-state index in [4.69, 9.17) is 15.3 Å². The Kier molecular flexibility index (Phi) is 29.0. The van der Waals surface area contributed by atoms with Crippen LogP contribution in [0.5, 0.6) is 0 Å². The Balaban J connectivity index is 0. The van der Waals surface area contributed by atoms with Crippen molar-refractivity contribution in [2.45, 2.75) is 77.6 Å². The molecule has 0 bridgehead atoms. The summed E-state index contributed by atoms with van der Waals surface area (Å²) in [6.07, 6.45) is 14.8. The summed E-state index contributed by atoms with van der Waals surface area (Å²) in [6, 6.07) is 0. The molecule has 0 spiro atoms. The number of unbranched alkanes of at least 4 members (excludes halogenated alkanes) is 10. The van der Waals surface area contributed by atoms with Crippen LogP contribution in [0.3, 0.4) is 0 Å². The minimum absolute atomic E-state index is 0.0600. The molecule has 0 saturated heterocycles.